The molecule has 6 nitrogen and oxygen atoms in total. The number of hydrogen-bond donors (Lipinski definition) is 0. The van der Waals surface area contributed by atoms with E-state index in [1.807, 2.05) is 11.0 Å². The molecule has 0 spiro atoms. The summed E-state index contributed by atoms with van der Waals surface area (Å²) in [6.07, 6.45) is 7.39. The fraction of sp³-hybridized carbons (Fsp3) is 0.800. The van der Waals surface area contributed by atoms with Gasteiger partial charge in [-0.05, 0) is 38.2 Å². The Labute approximate surface area is 156 Å². The number of nitrogens with zero attached hydrogens (tertiary/aromatic N) is 4. The molecule has 0 bridgehead atoms. The van der Waals surface area contributed by atoms with E-state index < -0.39 is 0 Å². The van der Waals surface area contributed by atoms with Gasteiger partial charge in [0, 0.05) is 38.4 Å². The highest BCUT2D eigenvalue weighted by atomic mass is 16.5. The summed E-state index contributed by atoms with van der Waals surface area (Å²) in [6.45, 7) is 8.63. The Balaban J connectivity index is 1.35. The van der Waals surface area contributed by atoms with Gasteiger partial charge in [-0.2, -0.15) is 5.10 Å². The fourth-order valence-electron chi connectivity index (χ4n) is 4.76. The van der Waals surface area contributed by atoms with Gasteiger partial charge in [0.2, 0.25) is 0 Å². The molecule has 4 rings (SSSR count). The second-order valence-electron chi connectivity index (χ2n) is 8.23. The van der Waals surface area contributed by atoms with E-state index in [-0.39, 0.29) is 5.91 Å². The molecule has 1 aromatic rings. The Morgan fingerprint density at radius 1 is 1.15 bits per heavy atom. The first-order chi connectivity index (χ1) is 12.7. The normalized spacial score (nSPS) is 25.7. The zero-order valence-electron chi connectivity index (χ0n) is 16.0. The molecule has 3 aliphatic rings. The van der Waals surface area contributed by atoms with E-state index >= 15 is 0 Å². The molecule has 1 amide bonds. The second-order valence-corrected chi connectivity index (χ2v) is 8.23. The molecule has 1 aromatic heterocycles. The highest BCUT2D eigenvalue weighted by Crippen LogP contribution is 2.29. The number of aryl methyl sites for hydroxylation is 1. The predicted octanol–water partition coefficient (Wildman–Crippen LogP) is 2.49. The molecule has 26 heavy (non-hydrogen) atoms. The largest absolute Gasteiger partial charge is 0.379 e. The van der Waals surface area contributed by atoms with Crippen LogP contribution >= 0.6 is 0 Å². The van der Waals surface area contributed by atoms with Crippen LogP contribution in [-0.2, 0) is 4.74 Å². The summed E-state index contributed by atoms with van der Waals surface area (Å²) in [5.74, 6) is 0.700. The van der Waals surface area contributed by atoms with Gasteiger partial charge >= 0.3 is 0 Å². The van der Waals surface area contributed by atoms with Gasteiger partial charge in [-0.15, -0.1) is 0 Å². The first-order valence-corrected chi connectivity index (χ1v) is 10.4. The molecule has 1 unspecified atom stereocenters. The number of amides is 1. The number of rotatable bonds is 4. The molecule has 0 N–H and O–H groups in total. The van der Waals surface area contributed by atoms with Crippen molar-refractivity contribution in [2.75, 3.05) is 45.9 Å². The lowest BCUT2D eigenvalue weighted by molar-refractivity contribution is 0.0310. The van der Waals surface area contributed by atoms with Crippen molar-refractivity contribution in [1.29, 1.82) is 0 Å². The zero-order valence-corrected chi connectivity index (χ0v) is 16.0. The standard InChI is InChI=1S/C20H32N4O2/c1-16-13-19(21-24(16)18-5-3-2-4-6-18)20(25)23-8-7-17(15-23)14-22-9-11-26-12-10-22/h13,17-18H,2-12,14-15H2,1H3. The average molecular weight is 361 g/mol. The number of likely N-dealkylation sites (tertiary alicyclic amines) is 1. The maximum Gasteiger partial charge on any atom is 0.274 e. The van der Waals surface area contributed by atoms with Gasteiger partial charge in [0.25, 0.3) is 5.91 Å². The number of ether oxygens (including phenoxy) is 1. The lowest BCUT2D eigenvalue weighted by atomic mass is 9.95. The summed E-state index contributed by atoms with van der Waals surface area (Å²) in [7, 11) is 0. The van der Waals surface area contributed by atoms with Crippen LogP contribution in [0.3, 0.4) is 0 Å². The second kappa shape index (κ2) is 8.09. The van der Waals surface area contributed by atoms with Crippen molar-refractivity contribution >= 4 is 5.91 Å². The number of morpholine rings is 1. The summed E-state index contributed by atoms with van der Waals surface area (Å²) in [5.41, 5.74) is 1.77. The molecule has 3 heterocycles. The van der Waals surface area contributed by atoms with E-state index in [0.29, 0.717) is 17.7 Å². The number of carbonyl (C=O) groups excluding carboxylic acids is 1. The lowest BCUT2D eigenvalue weighted by Crippen LogP contribution is -2.40. The monoisotopic (exact) mass is 360 g/mol. The molecule has 2 aliphatic heterocycles. The Kier molecular flexibility index (Phi) is 5.60. The molecule has 1 aliphatic carbocycles. The van der Waals surface area contributed by atoms with E-state index in [1.165, 1.54) is 32.1 Å². The minimum absolute atomic E-state index is 0.118. The summed E-state index contributed by atoms with van der Waals surface area (Å²) in [6, 6.07) is 2.48. The summed E-state index contributed by atoms with van der Waals surface area (Å²) in [5, 5.41) is 4.72. The van der Waals surface area contributed by atoms with Crippen molar-refractivity contribution in [2.45, 2.75) is 51.5 Å². The molecule has 0 radical (unpaired) electrons. The van der Waals surface area contributed by atoms with Gasteiger partial charge < -0.3 is 9.64 Å². The van der Waals surface area contributed by atoms with Gasteiger partial charge in [-0.3, -0.25) is 14.4 Å². The SMILES string of the molecule is Cc1cc(C(=O)N2CCC(CN3CCOCC3)C2)nn1C1CCCCC1. The van der Waals surface area contributed by atoms with Crippen molar-refractivity contribution in [3.8, 4) is 0 Å². The van der Waals surface area contributed by atoms with Gasteiger partial charge in [-0.25, -0.2) is 0 Å². The molecular weight excluding hydrogens is 328 g/mol. The summed E-state index contributed by atoms with van der Waals surface area (Å²) < 4.78 is 7.55. The van der Waals surface area contributed by atoms with Crippen molar-refractivity contribution in [3.63, 3.8) is 0 Å². The molecule has 6 heteroatoms. The molecular formula is C20H32N4O2. The number of aromatic nitrogens is 2. The quantitative estimate of drug-likeness (QED) is 0.828. The van der Waals surface area contributed by atoms with E-state index in [4.69, 9.17) is 9.84 Å². The third-order valence-corrected chi connectivity index (χ3v) is 6.26. The molecule has 3 fully saturated rings. The summed E-state index contributed by atoms with van der Waals surface area (Å²) >= 11 is 0. The van der Waals surface area contributed by atoms with Crippen LogP contribution in [0.1, 0.15) is 60.7 Å². The van der Waals surface area contributed by atoms with Crippen LogP contribution in [0.25, 0.3) is 0 Å². The topological polar surface area (TPSA) is 50.6 Å². The van der Waals surface area contributed by atoms with Crippen molar-refractivity contribution in [2.24, 2.45) is 5.92 Å². The highest BCUT2D eigenvalue weighted by molar-refractivity contribution is 5.92. The molecule has 1 saturated carbocycles. The van der Waals surface area contributed by atoms with Crippen LogP contribution in [0.2, 0.25) is 0 Å². The first-order valence-electron chi connectivity index (χ1n) is 10.4. The van der Waals surface area contributed by atoms with E-state index in [1.54, 1.807) is 0 Å². The Morgan fingerprint density at radius 3 is 2.69 bits per heavy atom. The Morgan fingerprint density at radius 2 is 1.92 bits per heavy atom. The first kappa shape index (κ1) is 18.0. The molecule has 2 saturated heterocycles. The smallest absolute Gasteiger partial charge is 0.274 e. The van der Waals surface area contributed by atoms with Crippen LogP contribution in [0.5, 0.6) is 0 Å². The fourth-order valence-corrected chi connectivity index (χ4v) is 4.76. The summed E-state index contributed by atoms with van der Waals surface area (Å²) in [4.78, 5) is 17.4. The highest BCUT2D eigenvalue weighted by Gasteiger charge is 2.30. The maximum atomic E-state index is 12.9. The van der Waals surface area contributed by atoms with Crippen LogP contribution in [-0.4, -0.2) is 71.4 Å². The van der Waals surface area contributed by atoms with Gasteiger partial charge in [0.1, 0.15) is 0 Å². The van der Waals surface area contributed by atoms with Crippen molar-refractivity contribution in [1.82, 2.24) is 19.6 Å². The van der Waals surface area contributed by atoms with E-state index in [9.17, 15) is 4.79 Å². The molecule has 0 aromatic carbocycles. The third kappa shape index (κ3) is 3.96. The Bertz CT molecular complexity index is 617. The Hall–Kier alpha value is -1.40. The van der Waals surface area contributed by atoms with Crippen molar-refractivity contribution < 1.29 is 9.53 Å². The van der Waals surface area contributed by atoms with Crippen LogP contribution in [0.4, 0.5) is 0 Å². The number of hydrogen-bond acceptors (Lipinski definition) is 4. The lowest BCUT2D eigenvalue weighted by Gasteiger charge is -2.29. The van der Waals surface area contributed by atoms with Gasteiger partial charge in [-0.1, -0.05) is 19.3 Å². The number of carbonyl (C=O) groups is 1. The van der Waals surface area contributed by atoms with Crippen LogP contribution in [0.15, 0.2) is 6.07 Å². The zero-order chi connectivity index (χ0) is 17.9. The minimum Gasteiger partial charge on any atom is -0.379 e. The molecule has 144 valence electrons. The minimum atomic E-state index is 0.118. The molecule has 1 atom stereocenters. The van der Waals surface area contributed by atoms with Crippen LogP contribution in [0, 0.1) is 12.8 Å². The van der Waals surface area contributed by atoms with E-state index in [0.717, 1.165) is 58.1 Å². The van der Waals surface area contributed by atoms with Crippen molar-refractivity contribution in [3.05, 3.63) is 17.5 Å². The van der Waals surface area contributed by atoms with Gasteiger partial charge in [0.05, 0.1) is 19.3 Å². The van der Waals surface area contributed by atoms with E-state index in [2.05, 4.69) is 16.5 Å². The average Bonchev–Trinajstić information content (AvgIpc) is 3.29. The van der Waals surface area contributed by atoms with Crippen LogP contribution < -0.4 is 0 Å². The maximum absolute atomic E-state index is 12.9. The predicted molar refractivity (Wildman–Crippen MR) is 100 cm³/mol. The third-order valence-electron chi connectivity index (χ3n) is 6.26. The van der Waals surface area contributed by atoms with Gasteiger partial charge in [0.15, 0.2) is 5.69 Å².